The standard InChI is InChI=1S/C11H20N2O/c1-3-5-11(14)13-10-8-12-7-6-9(10)4-2/h3,5,9-10,12H,4,6-8H2,1-2H3,(H,13,14)/b5-3+. The number of nitrogens with one attached hydrogen (secondary N) is 2. The van der Waals surface area contributed by atoms with Crippen molar-refractivity contribution in [2.45, 2.75) is 32.7 Å². The predicted octanol–water partition coefficient (Wildman–Crippen LogP) is 1.07. The van der Waals surface area contributed by atoms with E-state index >= 15 is 0 Å². The van der Waals surface area contributed by atoms with Crippen LogP contribution < -0.4 is 10.6 Å². The molecular formula is C11H20N2O. The van der Waals surface area contributed by atoms with Crippen LogP contribution in [-0.4, -0.2) is 25.0 Å². The normalized spacial score (nSPS) is 27.9. The molecule has 2 atom stereocenters. The van der Waals surface area contributed by atoms with Crippen LogP contribution >= 0.6 is 0 Å². The minimum atomic E-state index is 0.0275. The second kappa shape index (κ2) is 5.81. The quantitative estimate of drug-likeness (QED) is 0.663. The maximum atomic E-state index is 11.3. The molecule has 0 aromatic carbocycles. The molecule has 0 radical (unpaired) electrons. The van der Waals surface area contributed by atoms with Crippen molar-refractivity contribution in [3.05, 3.63) is 12.2 Å². The Morgan fingerprint density at radius 2 is 2.43 bits per heavy atom. The first-order chi connectivity index (χ1) is 6.77. The molecule has 0 spiro atoms. The van der Waals surface area contributed by atoms with Crippen molar-refractivity contribution in [2.75, 3.05) is 13.1 Å². The average molecular weight is 196 g/mol. The van der Waals surface area contributed by atoms with E-state index in [-0.39, 0.29) is 5.91 Å². The van der Waals surface area contributed by atoms with Crippen molar-refractivity contribution in [1.82, 2.24) is 10.6 Å². The van der Waals surface area contributed by atoms with Gasteiger partial charge in [0, 0.05) is 12.6 Å². The summed E-state index contributed by atoms with van der Waals surface area (Å²) in [6, 6.07) is 0.303. The number of allylic oxidation sites excluding steroid dienone is 1. The van der Waals surface area contributed by atoms with E-state index < -0.39 is 0 Å². The number of carbonyl (C=O) groups excluding carboxylic acids is 1. The highest BCUT2D eigenvalue weighted by atomic mass is 16.1. The Hall–Kier alpha value is -0.830. The minimum Gasteiger partial charge on any atom is -0.348 e. The minimum absolute atomic E-state index is 0.0275. The summed E-state index contributed by atoms with van der Waals surface area (Å²) in [5.41, 5.74) is 0. The van der Waals surface area contributed by atoms with Gasteiger partial charge in [-0.2, -0.15) is 0 Å². The zero-order valence-corrected chi connectivity index (χ0v) is 9.05. The Balaban J connectivity index is 2.44. The molecule has 0 aliphatic carbocycles. The van der Waals surface area contributed by atoms with Gasteiger partial charge >= 0.3 is 0 Å². The number of hydrogen-bond donors (Lipinski definition) is 2. The van der Waals surface area contributed by atoms with Crippen molar-refractivity contribution >= 4 is 5.91 Å². The van der Waals surface area contributed by atoms with Crippen LogP contribution in [0.2, 0.25) is 0 Å². The molecule has 1 amide bonds. The molecule has 0 bridgehead atoms. The molecule has 2 N–H and O–H groups in total. The number of piperidine rings is 1. The van der Waals surface area contributed by atoms with Gasteiger partial charge < -0.3 is 10.6 Å². The lowest BCUT2D eigenvalue weighted by Gasteiger charge is -2.31. The summed E-state index contributed by atoms with van der Waals surface area (Å²) >= 11 is 0. The predicted molar refractivity (Wildman–Crippen MR) is 58.0 cm³/mol. The molecule has 14 heavy (non-hydrogen) atoms. The van der Waals surface area contributed by atoms with E-state index in [1.807, 2.05) is 6.92 Å². The monoisotopic (exact) mass is 196 g/mol. The lowest BCUT2D eigenvalue weighted by Crippen LogP contribution is -2.50. The van der Waals surface area contributed by atoms with Crippen molar-refractivity contribution in [1.29, 1.82) is 0 Å². The van der Waals surface area contributed by atoms with Gasteiger partial charge in [-0.1, -0.05) is 19.4 Å². The van der Waals surface area contributed by atoms with Gasteiger partial charge in [0.2, 0.25) is 5.91 Å². The summed E-state index contributed by atoms with van der Waals surface area (Å²) in [6.45, 7) is 6.02. The highest BCUT2D eigenvalue weighted by molar-refractivity contribution is 5.87. The number of amides is 1. The van der Waals surface area contributed by atoms with Crippen molar-refractivity contribution in [3.8, 4) is 0 Å². The third-order valence-electron chi connectivity index (χ3n) is 2.80. The van der Waals surface area contributed by atoms with Gasteiger partial charge in [-0.15, -0.1) is 0 Å². The fourth-order valence-electron chi connectivity index (χ4n) is 1.95. The highest BCUT2D eigenvalue weighted by Crippen LogP contribution is 2.15. The Morgan fingerprint density at radius 1 is 1.64 bits per heavy atom. The Morgan fingerprint density at radius 3 is 3.07 bits per heavy atom. The Labute approximate surface area is 86.0 Å². The topological polar surface area (TPSA) is 41.1 Å². The Bertz CT molecular complexity index is 213. The molecule has 3 heteroatoms. The Kier molecular flexibility index (Phi) is 4.66. The van der Waals surface area contributed by atoms with E-state index in [2.05, 4.69) is 17.6 Å². The summed E-state index contributed by atoms with van der Waals surface area (Å²) < 4.78 is 0. The summed E-state index contributed by atoms with van der Waals surface area (Å²) in [5.74, 6) is 0.658. The fourth-order valence-corrected chi connectivity index (χ4v) is 1.95. The number of hydrogen-bond acceptors (Lipinski definition) is 2. The smallest absolute Gasteiger partial charge is 0.243 e. The lowest BCUT2D eigenvalue weighted by atomic mass is 9.90. The first kappa shape index (κ1) is 11.2. The molecule has 3 nitrogen and oxygen atoms in total. The second-order valence-electron chi connectivity index (χ2n) is 3.78. The molecule has 1 saturated heterocycles. The first-order valence-electron chi connectivity index (χ1n) is 5.41. The SMILES string of the molecule is C/C=C/C(=O)NC1CNCCC1CC. The average Bonchev–Trinajstić information content (AvgIpc) is 2.19. The molecule has 0 aromatic rings. The summed E-state index contributed by atoms with van der Waals surface area (Å²) in [7, 11) is 0. The van der Waals surface area contributed by atoms with E-state index in [1.165, 1.54) is 0 Å². The largest absolute Gasteiger partial charge is 0.348 e. The third kappa shape index (κ3) is 3.14. The zero-order chi connectivity index (χ0) is 10.4. The van der Waals surface area contributed by atoms with Crippen LogP contribution in [0, 0.1) is 5.92 Å². The molecule has 1 aliphatic rings. The second-order valence-corrected chi connectivity index (χ2v) is 3.78. The summed E-state index contributed by atoms with van der Waals surface area (Å²) in [5, 5.41) is 6.34. The van der Waals surface area contributed by atoms with Crippen LogP contribution in [0.5, 0.6) is 0 Å². The zero-order valence-electron chi connectivity index (χ0n) is 9.05. The summed E-state index contributed by atoms with van der Waals surface area (Å²) in [6.07, 6.45) is 5.66. The first-order valence-corrected chi connectivity index (χ1v) is 5.41. The fraction of sp³-hybridized carbons (Fsp3) is 0.727. The number of carbonyl (C=O) groups is 1. The highest BCUT2D eigenvalue weighted by Gasteiger charge is 2.23. The lowest BCUT2D eigenvalue weighted by molar-refractivity contribution is -0.117. The molecule has 1 rings (SSSR count). The molecule has 0 saturated carbocycles. The van der Waals surface area contributed by atoms with Gasteiger partial charge in [0.15, 0.2) is 0 Å². The van der Waals surface area contributed by atoms with Crippen molar-refractivity contribution in [2.24, 2.45) is 5.92 Å². The van der Waals surface area contributed by atoms with Gasteiger partial charge in [0.05, 0.1) is 0 Å². The number of rotatable bonds is 3. The molecule has 1 heterocycles. The van der Waals surface area contributed by atoms with E-state index in [4.69, 9.17) is 0 Å². The van der Waals surface area contributed by atoms with E-state index in [0.29, 0.717) is 12.0 Å². The van der Waals surface area contributed by atoms with Crippen LogP contribution in [0.4, 0.5) is 0 Å². The van der Waals surface area contributed by atoms with Gasteiger partial charge in [0.25, 0.3) is 0 Å². The molecule has 1 aliphatic heterocycles. The maximum Gasteiger partial charge on any atom is 0.243 e. The molecular weight excluding hydrogens is 176 g/mol. The summed E-state index contributed by atoms with van der Waals surface area (Å²) in [4.78, 5) is 11.3. The third-order valence-corrected chi connectivity index (χ3v) is 2.80. The molecule has 1 fully saturated rings. The van der Waals surface area contributed by atoms with Crippen LogP contribution in [0.25, 0.3) is 0 Å². The van der Waals surface area contributed by atoms with E-state index in [1.54, 1.807) is 12.2 Å². The van der Waals surface area contributed by atoms with Crippen molar-refractivity contribution in [3.63, 3.8) is 0 Å². The van der Waals surface area contributed by atoms with Gasteiger partial charge in [-0.05, 0) is 31.9 Å². The maximum absolute atomic E-state index is 11.3. The molecule has 80 valence electrons. The van der Waals surface area contributed by atoms with Crippen LogP contribution in [0.3, 0.4) is 0 Å². The van der Waals surface area contributed by atoms with Gasteiger partial charge in [-0.3, -0.25) is 4.79 Å². The van der Waals surface area contributed by atoms with Crippen LogP contribution in [-0.2, 0) is 4.79 Å². The van der Waals surface area contributed by atoms with Crippen LogP contribution in [0.15, 0.2) is 12.2 Å². The molecule has 2 unspecified atom stereocenters. The molecule has 0 aromatic heterocycles. The van der Waals surface area contributed by atoms with E-state index in [9.17, 15) is 4.79 Å². The van der Waals surface area contributed by atoms with Gasteiger partial charge in [0.1, 0.15) is 0 Å². The van der Waals surface area contributed by atoms with E-state index in [0.717, 1.165) is 25.9 Å². The van der Waals surface area contributed by atoms with Crippen molar-refractivity contribution < 1.29 is 4.79 Å². The van der Waals surface area contributed by atoms with Gasteiger partial charge in [-0.25, -0.2) is 0 Å². The van der Waals surface area contributed by atoms with Crippen LogP contribution in [0.1, 0.15) is 26.7 Å².